The third-order valence-electron chi connectivity index (χ3n) is 3.94. The molecule has 0 bridgehead atoms. The number of nitrogens with zero attached hydrogens (tertiary/aromatic N) is 2. The molecule has 0 fully saturated rings. The number of hydrogen-bond acceptors (Lipinski definition) is 6. The average Bonchev–Trinajstić information content (AvgIpc) is 3.39. The number of fused-ring (bicyclic) bond motifs is 1. The van der Waals surface area contributed by atoms with Gasteiger partial charge in [-0.2, -0.15) is 0 Å². The maximum atomic E-state index is 12.4. The van der Waals surface area contributed by atoms with Gasteiger partial charge >= 0.3 is 0 Å². The molecule has 3 aromatic heterocycles. The summed E-state index contributed by atoms with van der Waals surface area (Å²) in [6, 6.07) is 7.19. The van der Waals surface area contributed by atoms with Gasteiger partial charge in [0.1, 0.15) is 0 Å². The summed E-state index contributed by atoms with van der Waals surface area (Å²) in [5, 5.41) is 5.25. The molecule has 0 atom stereocenters. The highest BCUT2D eigenvalue weighted by atomic mass is 32.1. The lowest BCUT2D eigenvalue weighted by atomic mass is 10.2. The molecule has 132 valence electrons. The second-order valence-corrected chi connectivity index (χ2v) is 7.74. The van der Waals surface area contributed by atoms with Gasteiger partial charge in [-0.3, -0.25) is 14.9 Å². The van der Waals surface area contributed by atoms with E-state index in [0.29, 0.717) is 24.6 Å². The van der Waals surface area contributed by atoms with Crippen LogP contribution in [0.25, 0.3) is 6.08 Å². The van der Waals surface area contributed by atoms with Crippen LogP contribution in [0.15, 0.2) is 46.4 Å². The van der Waals surface area contributed by atoms with Crippen LogP contribution in [0.4, 0.5) is 5.13 Å². The fourth-order valence-corrected chi connectivity index (χ4v) is 4.29. The minimum atomic E-state index is -0.326. The maximum absolute atomic E-state index is 12.4. The zero-order chi connectivity index (χ0) is 17.9. The fourth-order valence-electron chi connectivity index (χ4n) is 2.65. The van der Waals surface area contributed by atoms with Crippen molar-refractivity contribution in [2.45, 2.75) is 13.0 Å². The summed E-state index contributed by atoms with van der Waals surface area (Å²) in [6.07, 6.45) is 5.58. The Morgan fingerprint density at radius 3 is 3.00 bits per heavy atom. The number of thiophene rings is 1. The molecule has 6 nitrogen and oxygen atoms in total. The molecular formula is C18H15N3O3S2. The number of rotatable bonds is 4. The number of thiazole rings is 1. The molecule has 0 saturated carbocycles. The molecule has 2 amide bonds. The van der Waals surface area contributed by atoms with Crippen molar-refractivity contribution >= 4 is 45.7 Å². The summed E-state index contributed by atoms with van der Waals surface area (Å²) >= 11 is 2.99. The van der Waals surface area contributed by atoms with Crippen LogP contribution in [-0.4, -0.2) is 28.2 Å². The Morgan fingerprint density at radius 2 is 2.23 bits per heavy atom. The summed E-state index contributed by atoms with van der Waals surface area (Å²) in [6.45, 7) is 1.13. The Kier molecular flexibility index (Phi) is 4.68. The van der Waals surface area contributed by atoms with Gasteiger partial charge < -0.3 is 9.32 Å². The summed E-state index contributed by atoms with van der Waals surface area (Å²) in [5.41, 5.74) is 0.941. The number of carbonyl (C=O) groups is 2. The number of furan rings is 1. The lowest BCUT2D eigenvalue weighted by Gasteiger charge is -2.24. The number of amides is 2. The van der Waals surface area contributed by atoms with Crippen LogP contribution < -0.4 is 5.32 Å². The van der Waals surface area contributed by atoms with Crippen LogP contribution in [-0.2, 0) is 17.8 Å². The highest BCUT2D eigenvalue weighted by molar-refractivity contribution is 7.15. The molecule has 4 heterocycles. The number of nitrogens with one attached hydrogen (secondary N) is 1. The van der Waals surface area contributed by atoms with Gasteiger partial charge in [0.15, 0.2) is 10.9 Å². The van der Waals surface area contributed by atoms with E-state index in [4.69, 9.17) is 4.42 Å². The molecule has 1 N–H and O–H groups in total. The first-order chi connectivity index (χ1) is 12.7. The molecule has 1 aliphatic heterocycles. The van der Waals surface area contributed by atoms with Crippen molar-refractivity contribution in [2.75, 3.05) is 11.9 Å². The van der Waals surface area contributed by atoms with E-state index in [2.05, 4.69) is 10.3 Å². The van der Waals surface area contributed by atoms with E-state index in [1.807, 2.05) is 23.6 Å². The second kappa shape index (κ2) is 7.27. The molecule has 0 unspecified atom stereocenters. The first-order valence-corrected chi connectivity index (χ1v) is 9.72. The first-order valence-electron chi connectivity index (χ1n) is 8.03. The molecule has 0 spiro atoms. The van der Waals surface area contributed by atoms with Gasteiger partial charge in [-0.15, -0.1) is 11.3 Å². The van der Waals surface area contributed by atoms with E-state index >= 15 is 0 Å². The molecule has 0 saturated heterocycles. The van der Waals surface area contributed by atoms with E-state index in [1.54, 1.807) is 34.4 Å². The normalized spacial score (nSPS) is 13.8. The van der Waals surface area contributed by atoms with Crippen molar-refractivity contribution in [2.24, 2.45) is 0 Å². The SMILES string of the molecule is O=C(Nc1nc2c(s1)CN(C(=O)/C=C/c1cccs1)CC2)c1ccco1. The predicted octanol–water partition coefficient (Wildman–Crippen LogP) is 3.65. The van der Waals surface area contributed by atoms with E-state index in [-0.39, 0.29) is 17.6 Å². The van der Waals surface area contributed by atoms with Crippen molar-refractivity contribution in [3.8, 4) is 0 Å². The molecule has 26 heavy (non-hydrogen) atoms. The van der Waals surface area contributed by atoms with Crippen molar-refractivity contribution in [1.82, 2.24) is 9.88 Å². The third kappa shape index (κ3) is 3.61. The van der Waals surface area contributed by atoms with Crippen molar-refractivity contribution in [1.29, 1.82) is 0 Å². The molecule has 1 aliphatic rings. The van der Waals surface area contributed by atoms with E-state index in [0.717, 1.165) is 15.4 Å². The Morgan fingerprint density at radius 1 is 1.31 bits per heavy atom. The Bertz CT molecular complexity index is 943. The molecule has 8 heteroatoms. The summed E-state index contributed by atoms with van der Waals surface area (Å²) in [4.78, 5) is 32.8. The van der Waals surface area contributed by atoms with E-state index < -0.39 is 0 Å². The van der Waals surface area contributed by atoms with E-state index in [9.17, 15) is 9.59 Å². The predicted molar refractivity (Wildman–Crippen MR) is 101 cm³/mol. The van der Waals surface area contributed by atoms with Gasteiger partial charge in [-0.1, -0.05) is 17.4 Å². The Hall–Kier alpha value is -2.71. The van der Waals surface area contributed by atoms with Crippen LogP contribution in [0, 0.1) is 0 Å². The molecule has 3 aromatic rings. The molecule has 0 aliphatic carbocycles. The monoisotopic (exact) mass is 385 g/mol. The van der Waals surface area contributed by atoms with E-state index in [1.165, 1.54) is 17.6 Å². The van der Waals surface area contributed by atoms with Crippen molar-refractivity contribution < 1.29 is 14.0 Å². The summed E-state index contributed by atoms with van der Waals surface area (Å²) < 4.78 is 5.08. The van der Waals surface area contributed by atoms with Gasteiger partial charge in [0.2, 0.25) is 5.91 Å². The van der Waals surface area contributed by atoms with Gasteiger partial charge in [-0.25, -0.2) is 4.98 Å². The minimum Gasteiger partial charge on any atom is -0.459 e. The Labute approximate surface area is 157 Å². The standard InChI is InChI=1S/C18H15N3O3S2/c22-16(6-5-12-3-2-10-25-12)21-8-7-13-15(11-21)26-18(19-13)20-17(23)14-4-1-9-24-14/h1-6,9-10H,7-8,11H2,(H,19,20,23)/b6-5+. The van der Waals surface area contributed by atoms with Crippen LogP contribution in [0.5, 0.6) is 0 Å². The third-order valence-corrected chi connectivity index (χ3v) is 5.78. The largest absolute Gasteiger partial charge is 0.459 e. The smallest absolute Gasteiger partial charge is 0.293 e. The molecule has 4 rings (SSSR count). The quantitative estimate of drug-likeness (QED) is 0.696. The minimum absolute atomic E-state index is 0.0152. The average molecular weight is 385 g/mol. The number of hydrogen-bond donors (Lipinski definition) is 1. The maximum Gasteiger partial charge on any atom is 0.293 e. The highest BCUT2D eigenvalue weighted by Gasteiger charge is 2.24. The second-order valence-electron chi connectivity index (χ2n) is 5.68. The fraction of sp³-hybridized carbons (Fsp3) is 0.167. The van der Waals surface area contributed by atoms with Crippen LogP contribution in [0.1, 0.15) is 26.0 Å². The number of aromatic nitrogens is 1. The zero-order valence-electron chi connectivity index (χ0n) is 13.7. The van der Waals surface area contributed by atoms with Crippen LogP contribution in [0.3, 0.4) is 0 Å². The topological polar surface area (TPSA) is 75.4 Å². The van der Waals surface area contributed by atoms with Gasteiger partial charge in [0.05, 0.1) is 18.5 Å². The molecule has 0 aromatic carbocycles. The van der Waals surface area contributed by atoms with Gasteiger partial charge in [0.25, 0.3) is 5.91 Å². The van der Waals surface area contributed by atoms with Crippen molar-refractivity contribution in [3.63, 3.8) is 0 Å². The first kappa shape index (κ1) is 16.7. The summed E-state index contributed by atoms with van der Waals surface area (Å²) in [5.74, 6) is -0.0970. The Balaban J connectivity index is 1.41. The van der Waals surface area contributed by atoms with Crippen LogP contribution >= 0.6 is 22.7 Å². The lowest BCUT2D eigenvalue weighted by Crippen LogP contribution is -2.34. The van der Waals surface area contributed by atoms with Crippen molar-refractivity contribution in [3.05, 3.63) is 63.2 Å². The zero-order valence-corrected chi connectivity index (χ0v) is 15.3. The highest BCUT2D eigenvalue weighted by Crippen LogP contribution is 2.29. The number of anilines is 1. The van der Waals surface area contributed by atoms with Crippen LogP contribution in [0.2, 0.25) is 0 Å². The summed E-state index contributed by atoms with van der Waals surface area (Å²) in [7, 11) is 0. The van der Waals surface area contributed by atoms with Gasteiger partial charge in [-0.05, 0) is 29.7 Å². The molecular weight excluding hydrogens is 370 g/mol. The number of carbonyl (C=O) groups excluding carboxylic acids is 2. The molecule has 0 radical (unpaired) electrons. The van der Waals surface area contributed by atoms with Gasteiger partial charge in [0, 0.05) is 28.8 Å². The lowest BCUT2D eigenvalue weighted by molar-refractivity contribution is -0.126.